The summed E-state index contributed by atoms with van der Waals surface area (Å²) in [5, 5.41) is 0. The maximum Gasteiger partial charge on any atom is 0.410 e. The van der Waals surface area contributed by atoms with Crippen LogP contribution in [0.2, 0.25) is 0 Å². The number of carbonyl (C=O) groups is 2. The fraction of sp³-hybridized carbons (Fsp3) is 0.733. The van der Waals surface area contributed by atoms with E-state index in [9.17, 15) is 9.59 Å². The SMILES string of the molecule is CCN(c1cc(OCCCN2CCOCC2)cc(C(=O)OC)c1C)[C@H]1CC[C@H](N(C)C(=O)OC(C)(C)C)CC1. The zero-order valence-corrected chi connectivity index (χ0v) is 25.1. The molecular weight excluding hydrogens is 498 g/mol. The van der Waals surface area contributed by atoms with E-state index in [-0.39, 0.29) is 18.1 Å². The monoisotopic (exact) mass is 547 g/mol. The van der Waals surface area contributed by atoms with Crippen molar-refractivity contribution in [1.82, 2.24) is 9.80 Å². The molecule has 0 spiro atoms. The minimum Gasteiger partial charge on any atom is -0.493 e. The first-order valence-electron chi connectivity index (χ1n) is 14.4. The van der Waals surface area contributed by atoms with Crippen LogP contribution < -0.4 is 9.64 Å². The zero-order chi connectivity index (χ0) is 28.6. The van der Waals surface area contributed by atoms with Crippen LogP contribution in [0.25, 0.3) is 0 Å². The van der Waals surface area contributed by atoms with Crippen molar-refractivity contribution in [2.24, 2.45) is 0 Å². The molecule has 1 aromatic carbocycles. The molecule has 0 bridgehead atoms. The molecule has 0 N–H and O–H groups in total. The Kier molecular flexibility index (Phi) is 11.3. The summed E-state index contributed by atoms with van der Waals surface area (Å²) in [4.78, 5) is 31.8. The Morgan fingerprint density at radius 1 is 1.08 bits per heavy atom. The van der Waals surface area contributed by atoms with Gasteiger partial charge in [-0.05, 0) is 78.4 Å². The van der Waals surface area contributed by atoms with Crippen LogP contribution in [0.15, 0.2) is 12.1 Å². The van der Waals surface area contributed by atoms with E-state index >= 15 is 0 Å². The van der Waals surface area contributed by atoms with E-state index in [2.05, 4.69) is 22.8 Å². The van der Waals surface area contributed by atoms with Crippen LogP contribution in [0.3, 0.4) is 0 Å². The number of benzene rings is 1. The van der Waals surface area contributed by atoms with Crippen LogP contribution >= 0.6 is 0 Å². The Balaban J connectivity index is 1.69. The fourth-order valence-electron chi connectivity index (χ4n) is 5.55. The molecule has 1 amide bonds. The van der Waals surface area contributed by atoms with Gasteiger partial charge >= 0.3 is 12.1 Å². The maximum absolute atomic E-state index is 12.7. The zero-order valence-electron chi connectivity index (χ0n) is 25.1. The second-order valence-electron chi connectivity index (χ2n) is 11.6. The molecule has 1 saturated carbocycles. The van der Waals surface area contributed by atoms with Crippen molar-refractivity contribution < 1.29 is 28.5 Å². The Labute approximate surface area is 234 Å². The second kappa shape index (κ2) is 14.2. The largest absolute Gasteiger partial charge is 0.493 e. The van der Waals surface area contributed by atoms with E-state index in [1.807, 2.05) is 34.7 Å². The van der Waals surface area contributed by atoms with Crippen molar-refractivity contribution in [2.75, 3.05) is 65.1 Å². The molecule has 9 heteroatoms. The Hall–Kier alpha value is -2.52. The van der Waals surface area contributed by atoms with Crippen molar-refractivity contribution in [3.8, 4) is 5.75 Å². The molecule has 2 fully saturated rings. The van der Waals surface area contributed by atoms with Crippen LogP contribution in [-0.2, 0) is 14.2 Å². The van der Waals surface area contributed by atoms with Gasteiger partial charge in [0, 0.05) is 57.1 Å². The minimum absolute atomic E-state index is 0.155. The molecule has 1 heterocycles. The quantitative estimate of drug-likeness (QED) is 0.303. The number of amides is 1. The summed E-state index contributed by atoms with van der Waals surface area (Å²) in [7, 11) is 3.25. The lowest BCUT2D eigenvalue weighted by molar-refractivity contribution is 0.0182. The molecular formula is C30H49N3O6. The summed E-state index contributed by atoms with van der Waals surface area (Å²) < 4.78 is 22.3. The molecule has 0 atom stereocenters. The van der Waals surface area contributed by atoms with Crippen LogP contribution in [0, 0.1) is 6.92 Å². The summed E-state index contributed by atoms with van der Waals surface area (Å²) in [6.07, 6.45) is 4.33. The first-order valence-corrected chi connectivity index (χ1v) is 14.4. The van der Waals surface area contributed by atoms with Crippen molar-refractivity contribution in [3.05, 3.63) is 23.3 Å². The third-order valence-electron chi connectivity index (χ3n) is 7.74. The van der Waals surface area contributed by atoms with Gasteiger partial charge in [0.15, 0.2) is 0 Å². The van der Waals surface area contributed by atoms with Crippen molar-refractivity contribution in [1.29, 1.82) is 0 Å². The first-order chi connectivity index (χ1) is 18.5. The topological polar surface area (TPSA) is 80.8 Å². The van der Waals surface area contributed by atoms with Crippen LogP contribution in [-0.4, -0.2) is 99.7 Å². The first kappa shape index (κ1) is 31.0. The summed E-state index contributed by atoms with van der Waals surface area (Å²) >= 11 is 0. The third kappa shape index (κ3) is 8.73. The van der Waals surface area contributed by atoms with Gasteiger partial charge < -0.3 is 28.7 Å². The van der Waals surface area contributed by atoms with E-state index in [4.69, 9.17) is 18.9 Å². The van der Waals surface area contributed by atoms with Gasteiger partial charge in [0.25, 0.3) is 0 Å². The number of esters is 1. The summed E-state index contributed by atoms with van der Waals surface area (Å²) in [5.41, 5.74) is 1.94. The second-order valence-corrected chi connectivity index (χ2v) is 11.6. The normalized spacial score (nSPS) is 20.3. The van der Waals surface area contributed by atoms with Gasteiger partial charge in [-0.25, -0.2) is 9.59 Å². The standard InChI is InChI=1S/C30H49N3O6/c1-8-33(24-12-10-23(11-13-24)31(6)29(35)39-30(3,4)5)27-21-25(20-26(22(27)2)28(34)36-7)38-17-9-14-32-15-18-37-19-16-32/h20-21,23-24H,8-19H2,1-7H3/t23-,24-. The Bertz CT molecular complexity index is 949. The van der Waals surface area contributed by atoms with Gasteiger partial charge in [-0.15, -0.1) is 0 Å². The van der Waals surface area contributed by atoms with E-state index < -0.39 is 5.60 Å². The van der Waals surface area contributed by atoms with Crippen molar-refractivity contribution in [3.63, 3.8) is 0 Å². The van der Waals surface area contributed by atoms with Crippen molar-refractivity contribution >= 4 is 17.7 Å². The number of rotatable bonds is 10. The predicted molar refractivity (Wildman–Crippen MR) is 153 cm³/mol. The molecule has 1 aliphatic heterocycles. The van der Waals surface area contributed by atoms with Crippen molar-refractivity contribution in [2.45, 2.75) is 84.4 Å². The van der Waals surface area contributed by atoms with Gasteiger partial charge in [0.05, 0.1) is 32.5 Å². The summed E-state index contributed by atoms with van der Waals surface area (Å²) in [6, 6.07) is 4.33. The molecule has 0 unspecified atom stereocenters. The predicted octanol–water partition coefficient (Wildman–Crippen LogP) is 4.89. The van der Waals surface area contributed by atoms with Gasteiger partial charge in [-0.1, -0.05) is 0 Å². The summed E-state index contributed by atoms with van der Waals surface area (Å²) in [5.74, 6) is 0.334. The van der Waals surface area contributed by atoms with E-state index in [0.717, 1.165) is 82.7 Å². The highest BCUT2D eigenvalue weighted by Gasteiger charge is 2.32. The molecule has 2 aliphatic rings. The molecule has 9 nitrogen and oxygen atoms in total. The minimum atomic E-state index is -0.508. The number of carbonyl (C=O) groups excluding carboxylic acids is 2. The number of nitrogens with zero attached hydrogens (tertiary/aromatic N) is 3. The summed E-state index contributed by atoms with van der Waals surface area (Å²) in [6.45, 7) is 15.6. The van der Waals surface area contributed by atoms with Crippen LogP contribution in [0.1, 0.15) is 75.7 Å². The molecule has 0 radical (unpaired) electrons. The molecule has 3 rings (SSSR count). The van der Waals surface area contributed by atoms with E-state index in [1.165, 1.54) is 7.11 Å². The maximum atomic E-state index is 12.7. The number of ether oxygens (including phenoxy) is 4. The lowest BCUT2D eigenvalue weighted by atomic mass is 9.88. The molecule has 220 valence electrons. The highest BCUT2D eigenvalue weighted by molar-refractivity contribution is 5.93. The highest BCUT2D eigenvalue weighted by atomic mass is 16.6. The number of morpholine rings is 1. The highest BCUT2D eigenvalue weighted by Crippen LogP contribution is 2.35. The lowest BCUT2D eigenvalue weighted by Gasteiger charge is -2.41. The lowest BCUT2D eigenvalue weighted by Crippen LogP contribution is -2.46. The Morgan fingerprint density at radius 3 is 2.31 bits per heavy atom. The van der Waals surface area contributed by atoms with Crippen LogP contribution in [0.4, 0.5) is 10.5 Å². The molecule has 1 aromatic rings. The van der Waals surface area contributed by atoms with Crippen LogP contribution in [0.5, 0.6) is 5.75 Å². The molecule has 0 aromatic heterocycles. The van der Waals surface area contributed by atoms with Gasteiger partial charge in [0.1, 0.15) is 11.4 Å². The average Bonchev–Trinajstić information content (AvgIpc) is 2.92. The molecule has 39 heavy (non-hydrogen) atoms. The van der Waals surface area contributed by atoms with Gasteiger partial charge in [-0.3, -0.25) is 4.90 Å². The van der Waals surface area contributed by atoms with E-state index in [1.54, 1.807) is 11.0 Å². The third-order valence-corrected chi connectivity index (χ3v) is 7.74. The smallest absolute Gasteiger partial charge is 0.410 e. The Morgan fingerprint density at radius 2 is 1.72 bits per heavy atom. The van der Waals surface area contributed by atoms with E-state index in [0.29, 0.717) is 24.0 Å². The number of hydrogen-bond acceptors (Lipinski definition) is 8. The van der Waals surface area contributed by atoms with Gasteiger partial charge in [-0.2, -0.15) is 0 Å². The van der Waals surface area contributed by atoms with Gasteiger partial charge in [0.2, 0.25) is 0 Å². The molecule has 1 saturated heterocycles. The number of anilines is 1. The molecule has 1 aliphatic carbocycles. The number of methoxy groups -OCH3 is 1. The number of hydrogen-bond donors (Lipinski definition) is 0. The fourth-order valence-corrected chi connectivity index (χ4v) is 5.55. The average molecular weight is 548 g/mol.